The van der Waals surface area contributed by atoms with E-state index >= 15 is 0 Å². The number of carbonyl (C=O) groups excluding carboxylic acids is 2. The predicted molar refractivity (Wildman–Crippen MR) is 83.1 cm³/mol. The maximum absolute atomic E-state index is 12.0. The summed E-state index contributed by atoms with van der Waals surface area (Å²) in [6.45, 7) is 1.22. The molecule has 1 fully saturated rings. The van der Waals surface area contributed by atoms with Crippen molar-refractivity contribution >= 4 is 28.0 Å². The third-order valence-corrected chi connectivity index (χ3v) is 5.35. The molecule has 2 amide bonds. The zero-order chi connectivity index (χ0) is 16.0. The van der Waals surface area contributed by atoms with Crippen LogP contribution in [-0.4, -0.2) is 50.4 Å². The zero-order valence-corrected chi connectivity index (χ0v) is 12.9. The fraction of sp³-hybridized carbons (Fsp3) is 0.429. The number of carbonyl (C=O) groups is 2. The van der Waals surface area contributed by atoms with Gasteiger partial charge in [-0.15, -0.1) is 0 Å². The zero-order valence-electron chi connectivity index (χ0n) is 12.1. The number of anilines is 1. The Bertz CT molecular complexity index is 622. The van der Waals surface area contributed by atoms with Gasteiger partial charge < -0.3 is 10.6 Å². The second-order valence-electron chi connectivity index (χ2n) is 5.02. The van der Waals surface area contributed by atoms with Crippen molar-refractivity contribution in [2.75, 3.05) is 30.7 Å². The van der Waals surface area contributed by atoms with Crippen LogP contribution < -0.4 is 10.6 Å². The molecule has 1 aliphatic rings. The van der Waals surface area contributed by atoms with Crippen LogP contribution >= 0.6 is 0 Å². The van der Waals surface area contributed by atoms with E-state index in [1.54, 1.807) is 24.3 Å². The summed E-state index contributed by atoms with van der Waals surface area (Å²) in [6, 6.07) is 6.33. The number of rotatable bonds is 7. The normalized spacial score (nSPS) is 15.5. The average Bonchev–Trinajstić information content (AvgIpc) is 3.03. The molecule has 1 aliphatic heterocycles. The van der Waals surface area contributed by atoms with E-state index in [-0.39, 0.29) is 18.2 Å². The van der Waals surface area contributed by atoms with E-state index in [0.717, 1.165) is 12.8 Å². The summed E-state index contributed by atoms with van der Waals surface area (Å²) in [4.78, 5) is 22.2. The molecule has 0 saturated carbocycles. The first-order chi connectivity index (χ1) is 10.5. The average molecular weight is 325 g/mol. The monoisotopic (exact) mass is 325 g/mol. The summed E-state index contributed by atoms with van der Waals surface area (Å²) in [6.07, 6.45) is 2.35. The van der Waals surface area contributed by atoms with Gasteiger partial charge in [-0.3, -0.25) is 9.59 Å². The van der Waals surface area contributed by atoms with Crippen LogP contribution in [0.3, 0.4) is 0 Å². The summed E-state index contributed by atoms with van der Waals surface area (Å²) >= 11 is 0. The fourth-order valence-corrected chi connectivity index (χ4v) is 3.71. The minimum Gasteiger partial charge on any atom is -0.351 e. The third-order valence-electron chi connectivity index (χ3n) is 3.48. The van der Waals surface area contributed by atoms with Gasteiger partial charge in [-0.05, 0) is 37.1 Å². The van der Waals surface area contributed by atoms with Gasteiger partial charge in [0.25, 0.3) is 5.91 Å². The second kappa shape index (κ2) is 7.37. The highest BCUT2D eigenvalue weighted by Gasteiger charge is 2.24. The maximum atomic E-state index is 12.0. The molecule has 0 unspecified atom stereocenters. The minimum absolute atomic E-state index is 0.0754. The van der Waals surface area contributed by atoms with E-state index in [9.17, 15) is 18.0 Å². The lowest BCUT2D eigenvalue weighted by atomic mass is 10.2. The Morgan fingerprint density at radius 1 is 1.18 bits per heavy atom. The molecule has 1 saturated heterocycles. The number of amides is 2. The van der Waals surface area contributed by atoms with Crippen molar-refractivity contribution in [1.82, 2.24) is 9.62 Å². The van der Waals surface area contributed by atoms with Gasteiger partial charge in [-0.25, -0.2) is 12.7 Å². The Morgan fingerprint density at radius 2 is 1.82 bits per heavy atom. The number of nitrogens with zero attached hydrogens (tertiary/aromatic N) is 1. The summed E-state index contributed by atoms with van der Waals surface area (Å²) in [5.74, 6) is -0.432. The van der Waals surface area contributed by atoms with Crippen LogP contribution in [0, 0.1) is 0 Å². The van der Waals surface area contributed by atoms with Crippen LogP contribution in [0.15, 0.2) is 24.3 Å². The summed E-state index contributed by atoms with van der Waals surface area (Å²) in [5, 5.41) is 5.07. The van der Waals surface area contributed by atoms with Crippen LogP contribution in [0.5, 0.6) is 0 Å². The number of hydrogen-bond acceptors (Lipinski definition) is 4. The van der Waals surface area contributed by atoms with Crippen LogP contribution in [0.4, 0.5) is 5.69 Å². The Labute approximate surface area is 129 Å². The van der Waals surface area contributed by atoms with Gasteiger partial charge in [0, 0.05) is 30.9 Å². The SMILES string of the molecule is O=CNc1ccc(C(=O)NCCS(=O)(=O)N2CCCC2)cc1. The molecule has 0 aliphatic carbocycles. The van der Waals surface area contributed by atoms with Gasteiger partial charge in [0.1, 0.15) is 0 Å². The van der Waals surface area contributed by atoms with Crippen molar-refractivity contribution in [3.63, 3.8) is 0 Å². The molecular weight excluding hydrogens is 306 g/mol. The molecule has 8 heteroatoms. The highest BCUT2D eigenvalue weighted by atomic mass is 32.2. The third kappa shape index (κ3) is 4.28. The van der Waals surface area contributed by atoms with Crippen molar-refractivity contribution in [2.24, 2.45) is 0 Å². The van der Waals surface area contributed by atoms with Gasteiger partial charge in [-0.2, -0.15) is 0 Å². The van der Waals surface area contributed by atoms with Crippen molar-refractivity contribution in [3.05, 3.63) is 29.8 Å². The van der Waals surface area contributed by atoms with Gasteiger partial charge in [0.05, 0.1) is 5.75 Å². The van der Waals surface area contributed by atoms with Crippen molar-refractivity contribution in [2.45, 2.75) is 12.8 Å². The molecule has 1 heterocycles. The Hall–Kier alpha value is -1.93. The molecule has 0 bridgehead atoms. The maximum Gasteiger partial charge on any atom is 0.251 e. The summed E-state index contributed by atoms with van der Waals surface area (Å²) in [5.41, 5.74) is 0.998. The number of nitrogens with one attached hydrogen (secondary N) is 2. The van der Waals surface area contributed by atoms with Gasteiger partial charge in [-0.1, -0.05) is 0 Å². The van der Waals surface area contributed by atoms with Crippen molar-refractivity contribution < 1.29 is 18.0 Å². The largest absolute Gasteiger partial charge is 0.351 e. The molecule has 0 spiro atoms. The molecule has 0 atom stereocenters. The summed E-state index contributed by atoms with van der Waals surface area (Å²) in [7, 11) is -3.28. The lowest BCUT2D eigenvalue weighted by Gasteiger charge is -2.15. The molecule has 2 rings (SSSR count). The molecule has 0 radical (unpaired) electrons. The van der Waals surface area contributed by atoms with Crippen LogP contribution in [0.1, 0.15) is 23.2 Å². The van der Waals surface area contributed by atoms with Gasteiger partial charge in [0.2, 0.25) is 16.4 Å². The lowest BCUT2D eigenvalue weighted by Crippen LogP contribution is -2.36. The Balaban J connectivity index is 1.83. The topological polar surface area (TPSA) is 95.6 Å². The molecule has 7 nitrogen and oxygen atoms in total. The highest BCUT2D eigenvalue weighted by Crippen LogP contribution is 2.13. The number of hydrogen-bond donors (Lipinski definition) is 2. The highest BCUT2D eigenvalue weighted by molar-refractivity contribution is 7.89. The van der Waals surface area contributed by atoms with Gasteiger partial charge in [0.15, 0.2) is 0 Å². The van der Waals surface area contributed by atoms with Crippen LogP contribution in [0.25, 0.3) is 0 Å². The van der Waals surface area contributed by atoms with Crippen molar-refractivity contribution in [1.29, 1.82) is 0 Å². The Kier molecular flexibility index (Phi) is 5.51. The van der Waals surface area contributed by atoms with E-state index in [0.29, 0.717) is 30.8 Å². The molecule has 1 aromatic rings. The van der Waals surface area contributed by atoms with E-state index in [1.807, 2.05) is 0 Å². The standard InChI is InChI=1S/C14H19N3O4S/c18-11-16-13-5-3-12(4-6-13)14(19)15-7-10-22(20,21)17-8-1-2-9-17/h3-6,11H,1-2,7-10H2,(H,15,19)(H,16,18). The van der Waals surface area contributed by atoms with E-state index < -0.39 is 10.0 Å². The molecule has 120 valence electrons. The van der Waals surface area contributed by atoms with E-state index in [1.165, 1.54) is 4.31 Å². The second-order valence-corrected chi connectivity index (χ2v) is 7.11. The minimum atomic E-state index is -3.28. The number of benzene rings is 1. The van der Waals surface area contributed by atoms with E-state index in [4.69, 9.17) is 0 Å². The molecular formula is C14H19N3O4S. The number of sulfonamides is 1. The molecule has 2 N–H and O–H groups in total. The smallest absolute Gasteiger partial charge is 0.251 e. The lowest BCUT2D eigenvalue weighted by molar-refractivity contribution is -0.105. The van der Waals surface area contributed by atoms with Gasteiger partial charge >= 0.3 is 0 Å². The first-order valence-electron chi connectivity index (χ1n) is 7.09. The molecule has 22 heavy (non-hydrogen) atoms. The first-order valence-corrected chi connectivity index (χ1v) is 8.70. The van der Waals surface area contributed by atoms with Crippen LogP contribution in [0.2, 0.25) is 0 Å². The molecule has 0 aromatic heterocycles. The fourth-order valence-electron chi connectivity index (χ4n) is 2.28. The van der Waals surface area contributed by atoms with Crippen molar-refractivity contribution in [3.8, 4) is 0 Å². The quantitative estimate of drug-likeness (QED) is 0.710. The van der Waals surface area contributed by atoms with Crippen LogP contribution in [-0.2, 0) is 14.8 Å². The predicted octanol–water partition coefficient (Wildman–Crippen LogP) is 0.410. The summed E-state index contributed by atoms with van der Waals surface area (Å²) < 4.78 is 25.5. The van der Waals surface area contributed by atoms with E-state index in [2.05, 4.69) is 10.6 Å². The first kappa shape index (κ1) is 16.4. The Morgan fingerprint density at radius 3 is 2.41 bits per heavy atom. The molecule has 1 aromatic carbocycles.